The summed E-state index contributed by atoms with van der Waals surface area (Å²) in [5.74, 6) is -0.721. The molecule has 0 spiro atoms. The molecule has 0 saturated carbocycles. The lowest BCUT2D eigenvalue weighted by Crippen LogP contribution is -2.23. The maximum absolute atomic E-state index is 10.3. The maximum atomic E-state index is 10.3. The lowest BCUT2D eigenvalue weighted by molar-refractivity contribution is -0.137. The number of carboxylic acid groups (broad SMARTS) is 1. The Morgan fingerprint density at radius 2 is 2.33 bits per heavy atom. The van der Waals surface area contributed by atoms with Crippen molar-refractivity contribution in [2.24, 2.45) is 0 Å². The first-order chi connectivity index (χ1) is 7.18. The summed E-state index contributed by atoms with van der Waals surface area (Å²) in [4.78, 5) is 12.4. The second-order valence-corrected chi connectivity index (χ2v) is 4.22. The molecule has 1 rings (SSSR count). The molecular formula is C11H21NO3. The van der Waals surface area contributed by atoms with E-state index >= 15 is 0 Å². The van der Waals surface area contributed by atoms with Crippen LogP contribution in [-0.4, -0.2) is 48.8 Å². The van der Waals surface area contributed by atoms with E-state index in [0.29, 0.717) is 12.6 Å². The highest BCUT2D eigenvalue weighted by Gasteiger charge is 2.14. The molecule has 1 N–H and O–H groups in total. The Morgan fingerprint density at radius 3 is 2.93 bits per heavy atom. The van der Waals surface area contributed by atoms with Crippen molar-refractivity contribution < 1.29 is 14.6 Å². The van der Waals surface area contributed by atoms with Gasteiger partial charge < -0.3 is 14.7 Å². The summed E-state index contributed by atoms with van der Waals surface area (Å²) in [6.07, 6.45) is 5.28. The topological polar surface area (TPSA) is 49.8 Å². The number of rotatable bonds is 7. The molecule has 88 valence electrons. The molecule has 1 aliphatic rings. The Labute approximate surface area is 91.2 Å². The molecule has 0 radical (unpaired) electrons. The minimum Gasteiger partial charge on any atom is -0.481 e. The molecule has 0 aliphatic carbocycles. The molecule has 1 unspecified atom stereocenters. The van der Waals surface area contributed by atoms with Gasteiger partial charge in [-0.3, -0.25) is 4.79 Å². The van der Waals surface area contributed by atoms with Crippen LogP contribution >= 0.6 is 0 Å². The first kappa shape index (κ1) is 12.5. The van der Waals surface area contributed by atoms with Crippen LogP contribution in [0, 0.1) is 0 Å². The minimum atomic E-state index is -0.721. The van der Waals surface area contributed by atoms with Crippen LogP contribution in [0.2, 0.25) is 0 Å². The summed E-state index contributed by atoms with van der Waals surface area (Å²) in [7, 11) is 1.97. The molecule has 4 nitrogen and oxygen atoms in total. The van der Waals surface area contributed by atoms with Crippen LogP contribution in [0.5, 0.6) is 0 Å². The van der Waals surface area contributed by atoms with Crippen LogP contribution < -0.4 is 0 Å². The standard InChI is InChI=1S/C11H21NO3/c1-12(8-6-11(13)14)7-2-4-10-5-3-9-15-10/h10H,2-9H2,1H3,(H,13,14). The molecule has 0 aromatic heterocycles. The Kier molecular flexibility index (Phi) is 5.65. The fourth-order valence-electron chi connectivity index (χ4n) is 1.86. The third-order valence-electron chi connectivity index (χ3n) is 2.80. The van der Waals surface area contributed by atoms with Crippen molar-refractivity contribution in [3.63, 3.8) is 0 Å². The number of hydrogen-bond donors (Lipinski definition) is 1. The largest absolute Gasteiger partial charge is 0.481 e. The van der Waals surface area contributed by atoms with E-state index in [1.165, 1.54) is 12.8 Å². The molecule has 15 heavy (non-hydrogen) atoms. The number of ether oxygens (including phenoxy) is 1. The molecule has 0 aromatic carbocycles. The van der Waals surface area contributed by atoms with Crippen molar-refractivity contribution in [3.05, 3.63) is 0 Å². The normalized spacial score (nSPS) is 21.1. The zero-order valence-electron chi connectivity index (χ0n) is 9.45. The third kappa shape index (κ3) is 5.74. The van der Waals surface area contributed by atoms with Gasteiger partial charge in [-0.05, 0) is 39.3 Å². The maximum Gasteiger partial charge on any atom is 0.304 e. The predicted octanol–water partition coefficient (Wildman–Crippen LogP) is 1.35. The van der Waals surface area contributed by atoms with Crippen molar-refractivity contribution in [3.8, 4) is 0 Å². The van der Waals surface area contributed by atoms with Crippen LogP contribution in [0.3, 0.4) is 0 Å². The number of nitrogens with zero attached hydrogens (tertiary/aromatic N) is 1. The van der Waals surface area contributed by atoms with Crippen molar-refractivity contribution in [1.29, 1.82) is 0 Å². The van der Waals surface area contributed by atoms with E-state index in [4.69, 9.17) is 9.84 Å². The van der Waals surface area contributed by atoms with E-state index in [1.54, 1.807) is 0 Å². The molecule has 1 saturated heterocycles. The smallest absolute Gasteiger partial charge is 0.304 e. The van der Waals surface area contributed by atoms with Crippen LogP contribution in [-0.2, 0) is 9.53 Å². The van der Waals surface area contributed by atoms with Gasteiger partial charge in [0.05, 0.1) is 12.5 Å². The SMILES string of the molecule is CN(CCCC1CCCO1)CCC(=O)O. The Balaban J connectivity index is 1.96. The highest BCUT2D eigenvalue weighted by atomic mass is 16.5. The second kappa shape index (κ2) is 6.80. The Bertz CT molecular complexity index is 190. The quantitative estimate of drug-likeness (QED) is 0.696. The summed E-state index contributed by atoms with van der Waals surface area (Å²) >= 11 is 0. The van der Waals surface area contributed by atoms with E-state index in [1.807, 2.05) is 7.05 Å². The van der Waals surface area contributed by atoms with E-state index in [0.717, 1.165) is 26.0 Å². The first-order valence-electron chi connectivity index (χ1n) is 5.70. The molecule has 0 bridgehead atoms. The fourth-order valence-corrected chi connectivity index (χ4v) is 1.86. The van der Waals surface area contributed by atoms with Gasteiger partial charge in [0.25, 0.3) is 0 Å². The molecule has 4 heteroatoms. The number of aliphatic carboxylic acids is 1. The zero-order chi connectivity index (χ0) is 11.1. The van der Waals surface area contributed by atoms with Gasteiger partial charge in [0.15, 0.2) is 0 Å². The number of carboxylic acids is 1. The summed E-state index contributed by atoms with van der Waals surface area (Å²) in [5, 5.41) is 8.51. The monoisotopic (exact) mass is 215 g/mol. The minimum absolute atomic E-state index is 0.233. The molecule has 1 fully saturated rings. The van der Waals surface area contributed by atoms with Crippen LogP contribution in [0.1, 0.15) is 32.1 Å². The van der Waals surface area contributed by atoms with E-state index in [2.05, 4.69) is 4.90 Å². The van der Waals surface area contributed by atoms with Gasteiger partial charge in [-0.15, -0.1) is 0 Å². The average molecular weight is 215 g/mol. The molecule has 0 aromatic rings. The lowest BCUT2D eigenvalue weighted by atomic mass is 10.1. The van der Waals surface area contributed by atoms with Crippen LogP contribution in [0.15, 0.2) is 0 Å². The van der Waals surface area contributed by atoms with E-state index in [9.17, 15) is 4.79 Å². The van der Waals surface area contributed by atoms with Gasteiger partial charge in [0, 0.05) is 13.2 Å². The fraction of sp³-hybridized carbons (Fsp3) is 0.909. The van der Waals surface area contributed by atoms with Crippen molar-refractivity contribution in [2.45, 2.75) is 38.2 Å². The second-order valence-electron chi connectivity index (χ2n) is 4.22. The average Bonchev–Trinajstić information content (AvgIpc) is 2.67. The molecule has 1 atom stereocenters. The highest BCUT2D eigenvalue weighted by molar-refractivity contribution is 5.66. The van der Waals surface area contributed by atoms with Gasteiger partial charge in [0.1, 0.15) is 0 Å². The zero-order valence-corrected chi connectivity index (χ0v) is 9.45. The summed E-state index contributed by atoms with van der Waals surface area (Å²) < 4.78 is 5.52. The molecule has 1 heterocycles. The number of carbonyl (C=O) groups is 1. The van der Waals surface area contributed by atoms with Gasteiger partial charge in [-0.1, -0.05) is 0 Å². The molecule has 1 aliphatic heterocycles. The van der Waals surface area contributed by atoms with Crippen LogP contribution in [0.4, 0.5) is 0 Å². The Hall–Kier alpha value is -0.610. The van der Waals surface area contributed by atoms with Crippen molar-refractivity contribution in [1.82, 2.24) is 4.90 Å². The summed E-state index contributed by atoms with van der Waals surface area (Å²) in [6, 6.07) is 0. The van der Waals surface area contributed by atoms with Gasteiger partial charge in [0.2, 0.25) is 0 Å². The van der Waals surface area contributed by atoms with E-state index < -0.39 is 5.97 Å². The summed E-state index contributed by atoms with van der Waals surface area (Å²) in [6.45, 7) is 2.52. The summed E-state index contributed by atoms with van der Waals surface area (Å²) in [5.41, 5.74) is 0. The first-order valence-corrected chi connectivity index (χ1v) is 5.70. The van der Waals surface area contributed by atoms with Gasteiger partial charge in [-0.25, -0.2) is 0 Å². The molecular weight excluding hydrogens is 194 g/mol. The van der Waals surface area contributed by atoms with E-state index in [-0.39, 0.29) is 6.42 Å². The van der Waals surface area contributed by atoms with Crippen molar-refractivity contribution in [2.75, 3.05) is 26.7 Å². The third-order valence-corrected chi connectivity index (χ3v) is 2.80. The predicted molar refractivity (Wildman–Crippen MR) is 58.0 cm³/mol. The molecule has 0 amide bonds. The van der Waals surface area contributed by atoms with Gasteiger partial charge >= 0.3 is 5.97 Å². The highest BCUT2D eigenvalue weighted by Crippen LogP contribution is 2.16. The number of hydrogen-bond acceptors (Lipinski definition) is 3. The van der Waals surface area contributed by atoms with Crippen LogP contribution in [0.25, 0.3) is 0 Å². The lowest BCUT2D eigenvalue weighted by Gasteiger charge is -2.16. The Morgan fingerprint density at radius 1 is 1.53 bits per heavy atom. The van der Waals surface area contributed by atoms with Gasteiger partial charge in [-0.2, -0.15) is 0 Å². The van der Waals surface area contributed by atoms with Crippen molar-refractivity contribution >= 4 is 5.97 Å².